The molecule has 0 saturated heterocycles. The summed E-state index contributed by atoms with van der Waals surface area (Å²) in [6.07, 6.45) is 1.40. The number of rotatable bonds is 2. The summed E-state index contributed by atoms with van der Waals surface area (Å²) in [6.45, 7) is 1.45. The fourth-order valence-corrected chi connectivity index (χ4v) is 1.50. The van der Waals surface area contributed by atoms with Crippen LogP contribution in [-0.2, 0) is 10.3 Å². The Balaban J connectivity index is 2.67. The summed E-state index contributed by atoms with van der Waals surface area (Å²) in [5.41, 5.74) is 5.44. The standard InChI is InChI=1S/C11H11NO3/c1-11(12,10(13)14)8-6-15-9-5-3-2-4-7(8)9/h2-6H,12H2,1H3,(H,13,14)/t11-/m1/s1. The molecule has 1 aromatic carbocycles. The van der Waals surface area contributed by atoms with E-state index in [1.165, 1.54) is 13.2 Å². The van der Waals surface area contributed by atoms with Crippen LogP contribution in [0.4, 0.5) is 0 Å². The monoisotopic (exact) mass is 205 g/mol. The number of nitrogens with two attached hydrogens (primary N) is 1. The minimum atomic E-state index is -1.42. The zero-order valence-electron chi connectivity index (χ0n) is 8.23. The zero-order chi connectivity index (χ0) is 11.1. The van der Waals surface area contributed by atoms with E-state index in [9.17, 15) is 4.79 Å². The number of carboxylic acid groups (broad SMARTS) is 1. The molecule has 0 aliphatic rings. The van der Waals surface area contributed by atoms with Gasteiger partial charge in [-0.25, -0.2) is 4.79 Å². The summed E-state index contributed by atoms with van der Waals surface area (Å²) in [5, 5.41) is 9.75. The van der Waals surface area contributed by atoms with E-state index >= 15 is 0 Å². The molecule has 3 N–H and O–H groups in total. The number of para-hydroxylation sites is 1. The van der Waals surface area contributed by atoms with Crippen LogP contribution in [-0.4, -0.2) is 11.1 Å². The van der Waals surface area contributed by atoms with Gasteiger partial charge in [0.15, 0.2) is 0 Å². The van der Waals surface area contributed by atoms with Gasteiger partial charge in [-0.3, -0.25) is 0 Å². The van der Waals surface area contributed by atoms with Crippen LogP contribution in [0.1, 0.15) is 12.5 Å². The Morgan fingerprint density at radius 2 is 2.13 bits per heavy atom. The van der Waals surface area contributed by atoms with Gasteiger partial charge in [0, 0.05) is 10.9 Å². The highest BCUT2D eigenvalue weighted by Crippen LogP contribution is 2.28. The number of furan rings is 1. The molecule has 0 radical (unpaired) electrons. The third kappa shape index (κ3) is 1.39. The molecule has 0 aliphatic heterocycles. The van der Waals surface area contributed by atoms with Crippen molar-refractivity contribution >= 4 is 16.9 Å². The van der Waals surface area contributed by atoms with Crippen molar-refractivity contribution in [2.75, 3.05) is 0 Å². The quantitative estimate of drug-likeness (QED) is 0.782. The second-order valence-corrected chi connectivity index (χ2v) is 3.65. The summed E-state index contributed by atoms with van der Waals surface area (Å²) in [5.74, 6) is -1.07. The second kappa shape index (κ2) is 3.10. The van der Waals surface area contributed by atoms with Crippen LogP contribution in [0.3, 0.4) is 0 Å². The highest BCUT2D eigenvalue weighted by atomic mass is 16.4. The van der Waals surface area contributed by atoms with Crippen molar-refractivity contribution in [3.8, 4) is 0 Å². The summed E-state index contributed by atoms with van der Waals surface area (Å²) < 4.78 is 5.24. The molecular weight excluding hydrogens is 194 g/mol. The lowest BCUT2D eigenvalue weighted by Gasteiger charge is -2.17. The van der Waals surface area contributed by atoms with E-state index in [0.717, 1.165) is 5.39 Å². The lowest BCUT2D eigenvalue weighted by molar-refractivity contribution is -0.143. The van der Waals surface area contributed by atoms with E-state index in [0.29, 0.717) is 11.1 Å². The van der Waals surface area contributed by atoms with Crippen LogP contribution in [0.2, 0.25) is 0 Å². The first kappa shape index (κ1) is 9.73. The van der Waals surface area contributed by atoms with Crippen molar-refractivity contribution in [1.82, 2.24) is 0 Å². The number of hydrogen-bond donors (Lipinski definition) is 2. The Bertz CT molecular complexity index is 513. The van der Waals surface area contributed by atoms with Gasteiger partial charge in [-0.15, -0.1) is 0 Å². The lowest BCUT2D eigenvalue weighted by atomic mass is 9.93. The van der Waals surface area contributed by atoms with E-state index in [1.807, 2.05) is 12.1 Å². The molecular formula is C11H11NO3. The van der Waals surface area contributed by atoms with E-state index in [1.54, 1.807) is 12.1 Å². The summed E-state index contributed by atoms with van der Waals surface area (Å²) in [4.78, 5) is 11.0. The third-order valence-corrected chi connectivity index (χ3v) is 2.48. The maximum absolute atomic E-state index is 11.0. The minimum absolute atomic E-state index is 0.491. The van der Waals surface area contributed by atoms with Gasteiger partial charge in [0.25, 0.3) is 0 Å². The number of benzene rings is 1. The van der Waals surface area contributed by atoms with Crippen molar-refractivity contribution < 1.29 is 14.3 Å². The van der Waals surface area contributed by atoms with Crippen molar-refractivity contribution in [2.45, 2.75) is 12.5 Å². The number of carbonyl (C=O) groups is 1. The van der Waals surface area contributed by atoms with Gasteiger partial charge in [0.2, 0.25) is 0 Å². The van der Waals surface area contributed by atoms with Crippen LogP contribution in [0.15, 0.2) is 34.9 Å². The number of fused-ring (bicyclic) bond motifs is 1. The average molecular weight is 205 g/mol. The number of carboxylic acids is 1. The van der Waals surface area contributed by atoms with Crippen molar-refractivity contribution in [3.05, 3.63) is 36.1 Å². The fourth-order valence-electron chi connectivity index (χ4n) is 1.50. The topological polar surface area (TPSA) is 76.5 Å². The highest BCUT2D eigenvalue weighted by molar-refractivity contribution is 5.90. The molecule has 15 heavy (non-hydrogen) atoms. The first-order chi connectivity index (χ1) is 7.03. The summed E-state index contributed by atoms with van der Waals surface area (Å²) in [6, 6.07) is 7.21. The second-order valence-electron chi connectivity index (χ2n) is 3.65. The normalized spacial score (nSPS) is 15.1. The molecule has 1 heterocycles. The Labute approximate surface area is 86.3 Å². The van der Waals surface area contributed by atoms with Gasteiger partial charge < -0.3 is 15.3 Å². The Hall–Kier alpha value is -1.81. The van der Waals surface area contributed by atoms with E-state index < -0.39 is 11.5 Å². The van der Waals surface area contributed by atoms with Crippen LogP contribution < -0.4 is 5.73 Å². The Kier molecular flexibility index (Phi) is 2.01. The van der Waals surface area contributed by atoms with Gasteiger partial charge in [0.1, 0.15) is 11.1 Å². The van der Waals surface area contributed by atoms with Gasteiger partial charge in [0.05, 0.1) is 6.26 Å². The van der Waals surface area contributed by atoms with Gasteiger partial charge in [-0.2, -0.15) is 0 Å². The first-order valence-corrected chi connectivity index (χ1v) is 4.52. The van der Waals surface area contributed by atoms with Crippen molar-refractivity contribution in [3.63, 3.8) is 0 Å². The van der Waals surface area contributed by atoms with E-state index in [2.05, 4.69) is 0 Å². The van der Waals surface area contributed by atoms with Gasteiger partial charge >= 0.3 is 5.97 Å². The number of aliphatic carboxylic acids is 1. The van der Waals surface area contributed by atoms with Gasteiger partial charge in [-0.1, -0.05) is 18.2 Å². The predicted molar refractivity (Wildman–Crippen MR) is 55.4 cm³/mol. The molecule has 0 aliphatic carbocycles. The zero-order valence-corrected chi connectivity index (χ0v) is 8.23. The van der Waals surface area contributed by atoms with E-state index in [4.69, 9.17) is 15.3 Å². The Morgan fingerprint density at radius 3 is 2.80 bits per heavy atom. The molecule has 1 aromatic heterocycles. The summed E-state index contributed by atoms with van der Waals surface area (Å²) in [7, 11) is 0. The smallest absolute Gasteiger partial charge is 0.328 e. The molecule has 0 spiro atoms. The van der Waals surface area contributed by atoms with Crippen molar-refractivity contribution in [2.24, 2.45) is 5.73 Å². The largest absolute Gasteiger partial charge is 0.480 e. The fraction of sp³-hybridized carbons (Fsp3) is 0.182. The predicted octanol–water partition coefficient (Wildman–Crippen LogP) is 1.69. The van der Waals surface area contributed by atoms with Crippen molar-refractivity contribution in [1.29, 1.82) is 0 Å². The molecule has 0 saturated carbocycles. The molecule has 0 fully saturated rings. The van der Waals surface area contributed by atoms with E-state index in [-0.39, 0.29) is 0 Å². The summed E-state index contributed by atoms with van der Waals surface area (Å²) >= 11 is 0. The third-order valence-electron chi connectivity index (χ3n) is 2.48. The molecule has 4 nitrogen and oxygen atoms in total. The highest BCUT2D eigenvalue weighted by Gasteiger charge is 2.33. The maximum atomic E-state index is 11.0. The Morgan fingerprint density at radius 1 is 1.47 bits per heavy atom. The van der Waals surface area contributed by atoms with Crippen LogP contribution in [0.5, 0.6) is 0 Å². The molecule has 0 bridgehead atoms. The molecule has 1 atom stereocenters. The SMILES string of the molecule is C[C@](N)(C(=O)O)c1coc2ccccc12. The molecule has 78 valence electrons. The first-order valence-electron chi connectivity index (χ1n) is 4.52. The molecule has 2 rings (SSSR count). The molecule has 4 heteroatoms. The lowest BCUT2D eigenvalue weighted by Crippen LogP contribution is -2.41. The van der Waals surface area contributed by atoms with Crippen LogP contribution >= 0.6 is 0 Å². The average Bonchev–Trinajstić information content (AvgIpc) is 2.61. The molecule has 0 unspecified atom stereocenters. The number of hydrogen-bond acceptors (Lipinski definition) is 3. The van der Waals surface area contributed by atoms with Crippen LogP contribution in [0, 0.1) is 0 Å². The van der Waals surface area contributed by atoms with Gasteiger partial charge in [-0.05, 0) is 13.0 Å². The van der Waals surface area contributed by atoms with Crippen LogP contribution in [0.25, 0.3) is 11.0 Å². The molecule has 2 aromatic rings. The maximum Gasteiger partial charge on any atom is 0.328 e. The molecule has 0 amide bonds. The minimum Gasteiger partial charge on any atom is -0.480 e.